The van der Waals surface area contributed by atoms with Gasteiger partial charge in [-0.25, -0.2) is 13.1 Å². The van der Waals surface area contributed by atoms with E-state index in [4.69, 9.17) is 11.6 Å². The fraction of sp³-hybridized carbons (Fsp3) is 0.231. The van der Waals surface area contributed by atoms with E-state index in [-0.39, 0.29) is 0 Å². The van der Waals surface area contributed by atoms with Gasteiger partial charge >= 0.3 is 0 Å². The van der Waals surface area contributed by atoms with Gasteiger partial charge in [-0.2, -0.15) is 11.8 Å². The standard InChI is InChI=1S/C13H14ClNO2S3/c14-12-5-2-1-4-11(12)10-18-9-7-15-20(16,17)13-6-3-8-19-13/h1-6,8,15H,7,9-10H2. The van der Waals surface area contributed by atoms with Crippen molar-refractivity contribution in [3.63, 3.8) is 0 Å². The SMILES string of the molecule is O=S(=O)(NCCSCc1ccccc1Cl)c1cccs1. The third-order valence-electron chi connectivity index (χ3n) is 2.51. The van der Waals surface area contributed by atoms with Crippen molar-refractivity contribution in [2.45, 2.75) is 9.96 Å². The average molecular weight is 348 g/mol. The largest absolute Gasteiger partial charge is 0.250 e. The molecule has 1 N–H and O–H groups in total. The minimum atomic E-state index is -3.34. The van der Waals surface area contributed by atoms with Crippen molar-refractivity contribution in [3.8, 4) is 0 Å². The van der Waals surface area contributed by atoms with Crippen molar-refractivity contribution in [2.75, 3.05) is 12.3 Å². The highest BCUT2D eigenvalue weighted by molar-refractivity contribution is 7.98. The first-order valence-corrected chi connectivity index (χ1v) is 9.83. The molecule has 0 saturated carbocycles. The van der Waals surface area contributed by atoms with Gasteiger partial charge in [-0.3, -0.25) is 0 Å². The number of thiophene rings is 1. The molecule has 0 unspecified atom stereocenters. The van der Waals surface area contributed by atoms with Gasteiger partial charge in [-0.15, -0.1) is 11.3 Å². The molecule has 0 radical (unpaired) electrons. The number of rotatable bonds is 7. The highest BCUT2D eigenvalue weighted by Gasteiger charge is 2.13. The number of halogens is 1. The van der Waals surface area contributed by atoms with E-state index < -0.39 is 10.0 Å². The zero-order valence-electron chi connectivity index (χ0n) is 10.6. The maximum absolute atomic E-state index is 11.8. The molecule has 20 heavy (non-hydrogen) atoms. The van der Waals surface area contributed by atoms with E-state index in [2.05, 4.69) is 4.72 Å². The number of nitrogens with one attached hydrogen (secondary N) is 1. The lowest BCUT2D eigenvalue weighted by atomic mass is 10.2. The van der Waals surface area contributed by atoms with E-state index >= 15 is 0 Å². The lowest BCUT2D eigenvalue weighted by Crippen LogP contribution is -2.25. The lowest BCUT2D eigenvalue weighted by Gasteiger charge is -2.06. The van der Waals surface area contributed by atoms with Crippen LogP contribution in [0, 0.1) is 0 Å². The van der Waals surface area contributed by atoms with E-state index in [1.807, 2.05) is 24.3 Å². The first-order chi connectivity index (χ1) is 9.59. The molecule has 2 rings (SSSR count). The van der Waals surface area contributed by atoms with Gasteiger partial charge in [-0.1, -0.05) is 35.9 Å². The number of benzene rings is 1. The lowest BCUT2D eigenvalue weighted by molar-refractivity contribution is 0.586. The molecule has 0 aliphatic carbocycles. The normalized spacial score (nSPS) is 11.7. The Hall–Kier alpha value is -0.530. The van der Waals surface area contributed by atoms with Crippen LogP contribution in [-0.4, -0.2) is 20.7 Å². The summed E-state index contributed by atoms with van der Waals surface area (Å²) in [6, 6.07) is 11.0. The summed E-state index contributed by atoms with van der Waals surface area (Å²) in [5.41, 5.74) is 1.07. The Bertz CT molecular complexity index is 641. The number of sulfonamides is 1. The van der Waals surface area contributed by atoms with E-state index in [9.17, 15) is 8.42 Å². The van der Waals surface area contributed by atoms with Crippen LogP contribution < -0.4 is 4.72 Å². The zero-order valence-corrected chi connectivity index (χ0v) is 13.8. The summed E-state index contributed by atoms with van der Waals surface area (Å²) < 4.78 is 26.6. The molecule has 1 aromatic carbocycles. The molecule has 0 atom stereocenters. The van der Waals surface area contributed by atoms with Crippen LogP contribution in [0.25, 0.3) is 0 Å². The molecule has 7 heteroatoms. The molecule has 3 nitrogen and oxygen atoms in total. The second-order valence-corrected chi connectivity index (χ2v) is 8.43. The summed E-state index contributed by atoms with van der Waals surface area (Å²) in [5, 5.41) is 2.50. The quantitative estimate of drug-likeness (QED) is 0.778. The van der Waals surface area contributed by atoms with Crippen LogP contribution >= 0.6 is 34.7 Å². The molecule has 0 bridgehead atoms. The molecule has 0 aliphatic rings. The van der Waals surface area contributed by atoms with Crippen LogP contribution in [-0.2, 0) is 15.8 Å². The highest BCUT2D eigenvalue weighted by Crippen LogP contribution is 2.20. The van der Waals surface area contributed by atoms with Gasteiger partial charge in [0, 0.05) is 23.1 Å². The Morgan fingerprint density at radius 1 is 1.20 bits per heavy atom. The summed E-state index contributed by atoms with van der Waals surface area (Å²) >= 11 is 8.92. The third kappa shape index (κ3) is 4.49. The summed E-state index contributed by atoms with van der Waals surface area (Å²) in [6.45, 7) is 0.412. The van der Waals surface area contributed by atoms with Gasteiger partial charge < -0.3 is 0 Å². The van der Waals surface area contributed by atoms with Gasteiger partial charge in [-0.05, 0) is 23.1 Å². The van der Waals surface area contributed by atoms with Crippen molar-refractivity contribution in [2.24, 2.45) is 0 Å². The van der Waals surface area contributed by atoms with E-state index in [1.165, 1.54) is 11.3 Å². The summed E-state index contributed by atoms with van der Waals surface area (Å²) in [5.74, 6) is 1.48. The molecule has 108 valence electrons. The van der Waals surface area contributed by atoms with Crippen LogP contribution in [0.4, 0.5) is 0 Å². The predicted octanol–water partition coefficient (Wildman–Crippen LogP) is 3.61. The van der Waals surface area contributed by atoms with Gasteiger partial charge in [0.15, 0.2) is 0 Å². The van der Waals surface area contributed by atoms with Gasteiger partial charge in [0.2, 0.25) is 10.0 Å². The Labute approximate surface area is 132 Å². The zero-order chi connectivity index (χ0) is 14.4. The molecule has 0 saturated heterocycles. The van der Waals surface area contributed by atoms with Crippen LogP contribution in [0.5, 0.6) is 0 Å². The van der Waals surface area contributed by atoms with E-state index in [0.717, 1.165) is 16.3 Å². The first-order valence-electron chi connectivity index (χ1n) is 5.94. The fourth-order valence-corrected chi connectivity index (χ4v) is 4.88. The molecule has 0 aliphatic heterocycles. The Morgan fingerprint density at radius 3 is 2.70 bits per heavy atom. The maximum atomic E-state index is 11.8. The summed E-state index contributed by atoms with van der Waals surface area (Å²) in [6.07, 6.45) is 0. The smallest absolute Gasteiger partial charge is 0.210 e. The predicted molar refractivity (Wildman–Crippen MR) is 87.1 cm³/mol. The Balaban J connectivity index is 1.74. The van der Waals surface area contributed by atoms with Crippen molar-refractivity contribution < 1.29 is 8.42 Å². The molecule has 0 spiro atoms. The van der Waals surface area contributed by atoms with E-state index in [1.54, 1.807) is 29.3 Å². The third-order valence-corrected chi connectivity index (χ3v) is 6.75. The van der Waals surface area contributed by atoms with Crippen LogP contribution in [0.2, 0.25) is 5.02 Å². The monoisotopic (exact) mass is 347 g/mol. The van der Waals surface area contributed by atoms with Gasteiger partial charge in [0.1, 0.15) is 4.21 Å². The Morgan fingerprint density at radius 2 is 2.00 bits per heavy atom. The number of hydrogen-bond acceptors (Lipinski definition) is 4. The Kier molecular flexibility index (Phi) is 5.92. The number of hydrogen-bond donors (Lipinski definition) is 1. The van der Waals surface area contributed by atoms with Crippen molar-refractivity contribution in [1.82, 2.24) is 4.72 Å². The fourth-order valence-electron chi connectivity index (χ4n) is 1.53. The van der Waals surface area contributed by atoms with Crippen molar-refractivity contribution in [3.05, 3.63) is 52.4 Å². The molecule has 0 fully saturated rings. The molecular formula is C13H14ClNO2S3. The van der Waals surface area contributed by atoms with Crippen LogP contribution in [0.15, 0.2) is 46.0 Å². The second kappa shape index (κ2) is 7.47. The molecule has 1 heterocycles. The molecule has 0 amide bonds. The first kappa shape index (κ1) is 15.9. The van der Waals surface area contributed by atoms with E-state index in [0.29, 0.717) is 16.5 Å². The van der Waals surface area contributed by atoms with Crippen molar-refractivity contribution in [1.29, 1.82) is 0 Å². The van der Waals surface area contributed by atoms with Crippen LogP contribution in [0.1, 0.15) is 5.56 Å². The van der Waals surface area contributed by atoms with Gasteiger partial charge in [0.25, 0.3) is 0 Å². The minimum absolute atomic E-state index is 0.355. The van der Waals surface area contributed by atoms with Gasteiger partial charge in [0.05, 0.1) is 0 Å². The minimum Gasteiger partial charge on any atom is -0.210 e. The highest BCUT2D eigenvalue weighted by atomic mass is 35.5. The topological polar surface area (TPSA) is 46.2 Å². The molecular weight excluding hydrogens is 334 g/mol. The van der Waals surface area contributed by atoms with Crippen molar-refractivity contribution >= 4 is 44.7 Å². The second-order valence-electron chi connectivity index (χ2n) is 3.97. The summed E-state index contributed by atoms with van der Waals surface area (Å²) in [7, 11) is -3.34. The van der Waals surface area contributed by atoms with Crippen LogP contribution in [0.3, 0.4) is 0 Å². The molecule has 2 aromatic rings. The summed E-state index contributed by atoms with van der Waals surface area (Å²) in [4.78, 5) is 0. The number of thioether (sulfide) groups is 1. The molecule has 1 aromatic heterocycles. The maximum Gasteiger partial charge on any atom is 0.250 e. The average Bonchev–Trinajstić information content (AvgIpc) is 2.95.